The summed E-state index contributed by atoms with van der Waals surface area (Å²) in [6.45, 7) is 5.55. The van der Waals surface area contributed by atoms with Gasteiger partial charge in [-0.1, -0.05) is 23.3 Å². The van der Waals surface area contributed by atoms with Crippen LogP contribution in [0.5, 0.6) is 0 Å². The minimum Gasteiger partial charge on any atom is -0.364 e. The number of benzene rings is 1. The zero-order chi connectivity index (χ0) is 14.8. The van der Waals surface area contributed by atoms with Gasteiger partial charge in [0.05, 0.1) is 12.6 Å². The Labute approximate surface area is 126 Å². The molecule has 0 amide bonds. The topological polar surface area (TPSA) is 51.8 Å². The van der Waals surface area contributed by atoms with E-state index in [0.29, 0.717) is 6.54 Å². The second-order valence-electron chi connectivity index (χ2n) is 4.82. The normalized spacial score (nSPS) is 11.0. The lowest BCUT2D eigenvalue weighted by molar-refractivity contribution is -0.360. The molecule has 2 heterocycles. The minimum atomic E-state index is -0.0905. The largest absolute Gasteiger partial charge is 0.369 e. The summed E-state index contributed by atoms with van der Waals surface area (Å²) in [6.07, 6.45) is 0. The molecule has 0 aliphatic rings. The number of H-pyrrole nitrogens is 1. The first-order valence-corrected chi connectivity index (χ1v) is 7.70. The van der Waals surface area contributed by atoms with Crippen molar-refractivity contribution in [3.05, 3.63) is 57.5 Å². The molecule has 0 saturated heterocycles. The molecular weight excluding hydrogens is 284 g/mol. The number of para-hydroxylation sites is 1. The number of aromatic amines is 1. The van der Waals surface area contributed by atoms with Crippen molar-refractivity contribution in [2.45, 2.75) is 20.4 Å². The molecule has 0 unspecified atom stereocenters. The van der Waals surface area contributed by atoms with Gasteiger partial charge >= 0.3 is 10.5 Å². The molecule has 0 saturated carbocycles. The van der Waals surface area contributed by atoms with Gasteiger partial charge in [-0.15, -0.1) is 0 Å². The van der Waals surface area contributed by atoms with Gasteiger partial charge in [-0.25, -0.2) is 9.78 Å². The van der Waals surface area contributed by atoms with Crippen LogP contribution in [0.1, 0.15) is 17.6 Å². The van der Waals surface area contributed by atoms with Gasteiger partial charge in [0.15, 0.2) is 0 Å². The van der Waals surface area contributed by atoms with Crippen molar-refractivity contribution in [3.63, 3.8) is 0 Å². The van der Waals surface area contributed by atoms with Gasteiger partial charge in [0, 0.05) is 12.2 Å². The van der Waals surface area contributed by atoms with Crippen molar-refractivity contribution in [3.8, 4) is 0 Å². The molecule has 21 heavy (non-hydrogen) atoms. The Morgan fingerprint density at radius 2 is 2.10 bits per heavy atom. The second-order valence-corrected chi connectivity index (χ2v) is 6.00. The fraction of sp³-hybridized carbons (Fsp3) is 0.267. The molecule has 0 aliphatic carbocycles. The lowest BCUT2D eigenvalue weighted by atomic mass is 10.2. The van der Waals surface area contributed by atoms with E-state index in [2.05, 4.69) is 34.0 Å². The van der Waals surface area contributed by atoms with E-state index < -0.39 is 0 Å². The number of aromatic nitrogens is 3. The Kier molecular flexibility index (Phi) is 3.70. The maximum absolute atomic E-state index is 12.1. The quantitative estimate of drug-likeness (QED) is 0.739. The van der Waals surface area contributed by atoms with Crippen LogP contribution in [0.25, 0.3) is 4.96 Å². The summed E-state index contributed by atoms with van der Waals surface area (Å²) >= 11 is 1.49. The maximum atomic E-state index is 12.1. The first kappa shape index (κ1) is 13.8. The van der Waals surface area contributed by atoms with Crippen LogP contribution in [-0.4, -0.2) is 16.2 Å². The molecule has 3 rings (SSSR count). The fourth-order valence-electron chi connectivity index (χ4n) is 2.32. The van der Waals surface area contributed by atoms with Crippen molar-refractivity contribution in [1.82, 2.24) is 9.61 Å². The third kappa shape index (κ3) is 2.80. The summed E-state index contributed by atoms with van der Waals surface area (Å²) in [5, 5.41) is 5.06. The third-order valence-electron chi connectivity index (χ3n) is 3.32. The Balaban J connectivity index is 1.95. The SMILES string of the molecule is CCN(Cc1cc(=O)n2nc(C)sc2[nH+]1)c1ccccc1. The monoisotopic (exact) mass is 301 g/mol. The van der Waals surface area contributed by atoms with E-state index in [0.717, 1.165) is 27.9 Å². The van der Waals surface area contributed by atoms with E-state index in [4.69, 9.17) is 0 Å². The van der Waals surface area contributed by atoms with Crippen molar-refractivity contribution < 1.29 is 4.98 Å². The van der Waals surface area contributed by atoms with E-state index in [1.165, 1.54) is 15.9 Å². The van der Waals surface area contributed by atoms with Crippen LogP contribution in [0.2, 0.25) is 0 Å². The number of nitrogens with zero attached hydrogens (tertiary/aromatic N) is 3. The molecule has 6 heteroatoms. The molecule has 0 spiro atoms. The maximum Gasteiger partial charge on any atom is 0.369 e. The zero-order valence-electron chi connectivity index (χ0n) is 12.0. The van der Waals surface area contributed by atoms with Gasteiger partial charge < -0.3 is 4.90 Å². The van der Waals surface area contributed by atoms with E-state index in [1.807, 2.05) is 25.1 Å². The number of nitrogens with one attached hydrogen (secondary N) is 1. The molecule has 3 aromatic rings. The van der Waals surface area contributed by atoms with E-state index in [1.54, 1.807) is 6.07 Å². The Bertz CT molecular complexity index is 809. The lowest BCUT2D eigenvalue weighted by Gasteiger charge is -2.21. The van der Waals surface area contributed by atoms with Crippen LogP contribution >= 0.6 is 11.3 Å². The fourth-order valence-corrected chi connectivity index (χ4v) is 3.12. The van der Waals surface area contributed by atoms with Crippen molar-refractivity contribution in [2.24, 2.45) is 0 Å². The first-order chi connectivity index (χ1) is 10.2. The third-order valence-corrected chi connectivity index (χ3v) is 4.16. The number of hydrogen-bond donors (Lipinski definition) is 0. The molecule has 0 bridgehead atoms. The highest BCUT2D eigenvalue weighted by Gasteiger charge is 2.15. The number of hydrogen-bond acceptors (Lipinski definition) is 4. The summed E-state index contributed by atoms with van der Waals surface area (Å²) in [7, 11) is 0. The molecule has 0 aliphatic heterocycles. The predicted molar refractivity (Wildman–Crippen MR) is 83.8 cm³/mol. The summed E-state index contributed by atoms with van der Waals surface area (Å²) in [5.74, 6) is 0. The Morgan fingerprint density at radius 3 is 2.81 bits per heavy atom. The summed E-state index contributed by atoms with van der Waals surface area (Å²) < 4.78 is 1.42. The first-order valence-electron chi connectivity index (χ1n) is 6.89. The van der Waals surface area contributed by atoms with Crippen molar-refractivity contribution in [2.75, 3.05) is 11.4 Å². The highest BCUT2D eigenvalue weighted by Crippen LogP contribution is 2.15. The van der Waals surface area contributed by atoms with E-state index >= 15 is 0 Å². The molecule has 108 valence electrons. The van der Waals surface area contributed by atoms with Crippen LogP contribution in [-0.2, 0) is 6.54 Å². The molecule has 1 aromatic carbocycles. The standard InChI is InChI=1S/C15H16N4OS/c1-3-18(13-7-5-4-6-8-13)10-12-9-14(20)19-15(16-12)21-11(2)17-19/h4-9H,3,10H2,1-2H3/p+1. The summed E-state index contributed by atoms with van der Waals surface area (Å²) in [6, 6.07) is 11.8. The summed E-state index contributed by atoms with van der Waals surface area (Å²) in [4.78, 5) is 18.4. The lowest BCUT2D eigenvalue weighted by Crippen LogP contribution is -2.30. The average Bonchev–Trinajstić information content (AvgIpc) is 2.87. The summed E-state index contributed by atoms with van der Waals surface area (Å²) in [5.41, 5.74) is 1.95. The molecule has 2 aromatic heterocycles. The smallest absolute Gasteiger partial charge is 0.364 e. The number of anilines is 1. The van der Waals surface area contributed by atoms with Gasteiger partial charge in [0.1, 0.15) is 10.7 Å². The van der Waals surface area contributed by atoms with Gasteiger partial charge in [0.25, 0.3) is 0 Å². The minimum absolute atomic E-state index is 0.0905. The molecule has 5 nitrogen and oxygen atoms in total. The van der Waals surface area contributed by atoms with Crippen LogP contribution in [0, 0.1) is 6.92 Å². The van der Waals surface area contributed by atoms with Crippen LogP contribution in [0.15, 0.2) is 41.2 Å². The highest BCUT2D eigenvalue weighted by molar-refractivity contribution is 7.16. The van der Waals surface area contributed by atoms with E-state index in [9.17, 15) is 4.79 Å². The number of aryl methyl sites for hydroxylation is 1. The Hall–Kier alpha value is -2.21. The predicted octanol–water partition coefficient (Wildman–Crippen LogP) is 1.91. The number of fused-ring (bicyclic) bond motifs is 1. The Morgan fingerprint density at radius 1 is 1.33 bits per heavy atom. The zero-order valence-corrected chi connectivity index (χ0v) is 12.9. The highest BCUT2D eigenvalue weighted by atomic mass is 32.1. The number of rotatable bonds is 4. The molecule has 0 atom stereocenters. The van der Waals surface area contributed by atoms with Gasteiger partial charge in [-0.3, -0.25) is 0 Å². The van der Waals surface area contributed by atoms with E-state index in [-0.39, 0.29) is 5.56 Å². The molecular formula is C15H17N4OS+. The average molecular weight is 301 g/mol. The second kappa shape index (κ2) is 5.65. The van der Waals surface area contributed by atoms with Crippen LogP contribution in [0.3, 0.4) is 0 Å². The molecule has 1 N–H and O–H groups in total. The molecule has 0 radical (unpaired) electrons. The van der Waals surface area contributed by atoms with Crippen molar-refractivity contribution in [1.29, 1.82) is 0 Å². The van der Waals surface area contributed by atoms with Gasteiger partial charge in [0.2, 0.25) is 0 Å². The van der Waals surface area contributed by atoms with Crippen molar-refractivity contribution >= 4 is 22.0 Å². The van der Waals surface area contributed by atoms with Gasteiger partial charge in [-0.05, 0) is 41.8 Å². The molecule has 0 fully saturated rings. The van der Waals surface area contributed by atoms with Crippen LogP contribution in [0.4, 0.5) is 5.69 Å². The van der Waals surface area contributed by atoms with Gasteiger partial charge in [-0.2, -0.15) is 0 Å². The van der Waals surface area contributed by atoms with Crippen LogP contribution < -0.4 is 15.4 Å².